The third kappa shape index (κ3) is 26.7. The molecule has 4 fully saturated rings. The van der Waals surface area contributed by atoms with Gasteiger partial charge in [0.15, 0.2) is 29.1 Å². The summed E-state index contributed by atoms with van der Waals surface area (Å²) in [6, 6.07) is 9.28. The second-order valence-corrected chi connectivity index (χ2v) is 28.7. The summed E-state index contributed by atoms with van der Waals surface area (Å²) in [6.07, 6.45) is 3.49. The van der Waals surface area contributed by atoms with Gasteiger partial charge in [-0.1, -0.05) is 70.9 Å². The highest BCUT2D eigenvalue weighted by Gasteiger charge is 2.79. The Kier molecular flexibility index (Phi) is 40.3. The molecule has 110 heavy (non-hydrogen) atoms. The van der Waals surface area contributed by atoms with Crippen LogP contribution in [0.3, 0.4) is 0 Å². The molecule has 3 saturated carbocycles. The van der Waals surface area contributed by atoms with Crippen molar-refractivity contribution in [3.63, 3.8) is 0 Å². The topological polar surface area (TPSA) is 379 Å². The molecule has 5 aliphatic rings. The number of alkyl halides is 2. The average molecular weight is 1620 g/mol. The van der Waals surface area contributed by atoms with Gasteiger partial charge in [-0.25, -0.2) is 4.39 Å². The molecule has 1 aliphatic heterocycles. The van der Waals surface area contributed by atoms with Gasteiger partial charge in [-0.2, -0.15) is 0 Å². The van der Waals surface area contributed by atoms with Gasteiger partial charge in [-0.15, -0.1) is 0 Å². The summed E-state index contributed by atoms with van der Waals surface area (Å²) in [4.78, 5) is 91.8. The second-order valence-electron chi connectivity index (χ2n) is 28.1. The normalized spacial score (nSPS) is 24.0. The number of anilines is 1. The highest BCUT2D eigenvalue weighted by molar-refractivity contribution is 9.09. The monoisotopic (exact) mass is 1620 g/mol. The van der Waals surface area contributed by atoms with Gasteiger partial charge in [0.25, 0.3) is 0 Å². The smallest absolute Gasteiger partial charge is 0.246 e. The number of carbonyl (C=O) groups excluding carboxylic acids is 7. The van der Waals surface area contributed by atoms with Crippen LogP contribution in [0.15, 0.2) is 66.3 Å². The number of hydrogen-bond donors (Lipinski definition) is 8. The maximum atomic E-state index is 17.9. The van der Waals surface area contributed by atoms with E-state index in [-0.39, 0.29) is 49.3 Å². The minimum absolute atomic E-state index is 0.0710. The van der Waals surface area contributed by atoms with Gasteiger partial charge in [-0.05, 0) is 107 Å². The van der Waals surface area contributed by atoms with Crippen LogP contribution in [0.25, 0.3) is 0 Å². The summed E-state index contributed by atoms with van der Waals surface area (Å²) in [5.41, 5.74) is -2.70. The van der Waals surface area contributed by atoms with Crippen LogP contribution in [-0.2, 0) is 118 Å². The van der Waals surface area contributed by atoms with Gasteiger partial charge in [0.05, 0.1) is 189 Å². The van der Waals surface area contributed by atoms with E-state index in [9.17, 15) is 48.9 Å². The van der Waals surface area contributed by atoms with E-state index in [0.29, 0.717) is 220 Å². The molecule has 0 bridgehead atoms. The zero-order valence-electron chi connectivity index (χ0n) is 64.3. The lowest BCUT2D eigenvalue weighted by molar-refractivity contribution is -0.231. The fraction of sp³-hybridized carbons (Fsp3) is 0.705. The SMILES string of the molecule is COCCOCCOCCOCCOCCOCCOCCOCCOCCOCCOCCOCCOCCC(=O)NCCCC[C@H](NC(=O)CBr)C(=O)N[C@@H](C)C(=O)N[C@@H](C)C(=O)Nc1ccc(Cc2cccc([C@@H]3O[C@@H]4C[C@H]5[C@@H]6CCC7=CC(=O)C=C[C@]7(C)[C@@]6(F)[C@@H](O)C[C@]5(C)[C@]4(C(=O)CO)O3)c2)cc1CO. The largest absolute Gasteiger partial charge is 0.392 e. The fourth-order valence-corrected chi connectivity index (χ4v) is 15.1. The summed E-state index contributed by atoms with van der Waals surface area (Å²) < 4.78 is 102. The number of rotatable bonds is 58. The van der Waals surface area contributed by atoms with Crippen LogP contribution in [0.5, 0.6) is 0 Å². The molecule has 1 saturated heterocycles. The number of fused-ring (bicyclic) bond motifs is 7. The Morgan fingerprint density at radius 1 is 0.636 bits per heavy atom. The van der Waals surface area contributed by atoms with Crippen molar-refractivity contribution in [2.45, 2.75) is 140 Å². The fourth-order valence-electron chi connectivity index (χ4n) is 15.0. The van der Waals surface area contributed by atoms with Crippen molar-refractivity contribution in [1.82, 2.24) is 21.3 Å². The van der Waals surface area contributed by atoms with Crippen molar-refractivity contribution in [2.24, 2.45) is 22.7 Å². The maximum absolute atomic E-state index is 17.9. The van der Waals surface area contributed by atoms with Crippen LogP contribution < -0.4 is 26.6 Å². The molecule has 1 heterocycles. The molecule has 30 nitrogen and oxygen atoms in total. The first-order valence-electron chi connectivity index (χ1n) is 38.2. The summed E-state index contributed by atoms with van der Waals surface area (Å²) in [6.45, 7) is 16.5. The Morgan fingerprint density at radius 3 is 1.68 bits per heavy atom. The summed E-state index contributed by atoms with van der Waals surface area (Å²) in [5, 5.41) is 46.4. The van der Waals surface area contributed by atoms with E-state index in [0.717, 1.165) is 11.1 Å². The Bertz CT molecular complexity index is 3250. The molecule has 8 N–H and O–H groups in total. The maximum Gasteiger partial charge on any atom is 0.246 e. The van der Waals surface area contributed by atoms with E-state index >= 15 is 4.39 Å². The summed E-state index contributed by atoms with van der Waals surface area (Å²) >= 11 is 3.11. The molecule has 12 atom stereocenters. The number of amides is 5. The summed E-state index contributed by atoms with van der Waals surface area (Å²) in [5.74, 6) is -4.56. The Labute approximate surface area is 652 Å². The quantitative estimate of drug-likeness (QED) is 0.0345. The number of carbonyl (C=O) groups is 7. The van der Waals surface area contributed by atoms with Gasteiger partial charge in [0.1, 0.15) is 24.7 Å². The second kappa shape index (κ2) is 48.5. The molecule has 5 amide bonds. The number of unbranched alkanes of at least 4 members (excludes halogenated alkanes) is 1. The lowest BCUT2D eigenvalue weighted by atomic mass is 9.44. The first kappa shape index (κ1) is 91.5. The number of ether oxygens (including phenoxy) is 15. The van der Waals surface area contributed by atoms with E-state index < -0.39 is 113 Å². The van der Waals surface area contributed by atoms with Crippen molar-refractivity contribution < 1.29 is 124 Å². The van der Waals surface area contributed by atoms with Gasteiger partial charge in [-0.3, -0.25) is 33.6 Å². The predicted octanol–water partition coefficient (Wildman–Crippen LogP) is 3.81. The first-order chi connectivity index (χ1) is 53.2. The highest BCUT2D eigenvalue weighted by Crippen LogP contribution is 2.72. The van der Waals surface area contributed by atoms with Gasteiger partial charge in [0, 0.05) is 53.6 Å². The lowest BCUT2D eigenvalue weighted by Crippen LogP contribution is -2.69. The number of benzene rings is 2. The third-order valence-corrected chi connectivity index (χ3v) is 21.2. The van der Waals surface area contributed by atoms with E-state index in [1.54, 1.807) is 44.4 Å². The number of hydrogen-bond acceptors (Lipinski definition) is 25. The van der Waals surface area contributed by atoms with E-state index in [4.69, 9.17) is 71.1 Å². The van der Waals surface area contributed by atoms with Crippen molar-refractivity contribution in [3.8, 4) is 0 Å². The van der Waals surface area contributed by atoms with E-state index in [1.807, 2.05) is 25.1 Å². The number of allylic oxidation sites excluding steroid dienone is 4. The number of nitrogens with one attached hydrogen (secondary N) is 5. The minimum Gasteiger partial charge on any atom is -0.392 e. The predicted molar refractivity (Wildman–Crippen MR) is 402 cm³/mol. The zero-order valence-corrected chi connectivity index (χ0v) is 65.9. The van der Waals surface area contributed by atoms with Crippen LogP contribution in [0.1, 0.15) is 108 Å². The van der Waals surface area contributed by atoms with Gasteiger partial charge < -0.3 is 113 Å². The van der Waals surface area contributed by atoms with Crippen molar-refractivity contribution >= 4 is 62.7 Å². The van der Waals surface area contributed by atoms with Crippen LogP contribution in [-0.4, -0.2) is 289 Å². The molecule has 2 aromatic carbocycles. The Hall–Kier alpha value is -5.70. The van der Waals surface area contributed by atoms with Crippen LogP contribution >= 0.6 is 15.9 Å². The molecular formula is C78H117BrFN5O25. The molecule has 0 aromatic heterocycles. The average Bonchev–Trinajstić information content (AvgIpc) is 1.45. The number of methoxy groups -OCH3 is 1. The number of ketones is 2. The molecule has 0 radical (unpaired) electrons. The molecule has 4 aliphatic carbocycles. The Balaban J connectivity index is 0.681. The van der Waals surface area contributed by atoms with Crippen molar-refractivity contribution in [2.75, 3.05) is 196 Å². The number of aliphatic hydroxyl groups is 3. The van der Waals surface area contributed by atoms with Gasteiger partial charge in [0.2, 0.25) is 29.5 Å². The molecule has 2 aromatic rings. The van der Waals surface area contributed by atoms with Crippen molar-refractivity contribution in [3.05, 3.63) is 88.5 Å². The zero-order chi connectivity index (χ0) is 79.2. The van der Waals surface area contributed by atoms with E-state index in [1.165, 1.54) is 26.0 Å². The lowest BCUT2D eigenvalue weighted by Gasteiger charge is -2.62. The van der Waals surface area contributed by atoms with E-state index in [2.05, 4.69) is 42.5 Å². The number of halogens is 2. The minimum atomic E-state index is -2.14. The van der Waals surface area contributed by atoms with Crippen LogP contribution in [0.4, 0.5) is 10.1 Å². The first-order valence-corrected chi connectivity index (χ1v) is 39.4. The van der Waals surface area contributed by atoms with Crippen LogP contribution in [0.2, 0.25) is 0 Å². The molecule has 7 rings (SSSR count). The molecule has 32 heteroatoms. The molecular weight excluding hydrogens is 1510 g/mol. The summed E-state index contributed by atoms with van der Waals surface area (Å²) in [7, 11) is 1.63. The molecule has 618 valence electrons. The number of Topliss-reactive ketones (excluding diaryl/α,β-unsaturated/α-hetero) is 1. The number of aliphatic hydroxyl groups excluding tert-OH is 3. The van der Waals surface area contributed by atoms with Crippen molar-refractivity contribution in [1.29, 1.82) is 0 Å². The van der Waals surface area contributed by atoms with Crippen LogP contribution in [0, 0.1) is 22.7 Å². The Morgan fingerprint density at radius 2 is 1.15 bits per heavy atom. The van der Waals surface area contributed by atoms with Gasteiger partial charge >= 0.3 is 0 Å². The highest BCUT2D eigenvalue weighted by atomic mass is 79.9. The standard InChI is InChI=1S/C78H117BrFN5O25/c1-54(83-73(95)65(84-70(92)51-79)11-6-7-19-81-69(91)17-20-97-23-24-99-27-28-101-31-32-103-35-36-105-39-40-107-43-44-108-42-41-106-38-37-104-34-33-102-30-29-100-26-25-98-22-21-96-5)71(93)82-55(2)72(94)85-64-15-12-57(47-59(64)52-86)45-56-9-8-10-58(46-56)74-109-68-49-63-62-14-13-60-48-61(88)16-18-75(60,3)77(62,80)66(89)50-76(63,4)78(68,110-74)67(90)53-87/h8-10,12,15-16,18,46-48,54-55,62-63,65-66,68,74,86-87,89H,6-7,11,13-14,17,19-45,49-53H2,1-5H3,(H,81,91)(H,82,93)(H,83,95)(H,84,92)(H,85,94)/t54-,55-,62-,63-,65-,66-,68+,74+,75-,76-,77-,78+/m0/s1. The molecule has 0 spiro atoms. The molecule has 0 unspecified atom stereocenters. The third-order valence-electron chi connectivity index (χ3n) is 20.7.